The number of ether oxygens (including phenoxy) is 1. The summed E-state index contributed by atoms with van der Waals surface area (Å²) in [5.41, 5.74) is 4.77. The van der Waals surface area contributed by atoms with Crippen LogP contribution in [0.5, 0.6) is 5.75 Å². The van der Waals surface area contributed by atoms with E-state index in [1.807, 2.05) is 80.6 Å². The molecule has 2 aromatic rings. The minimum Gasteiger partial charge on any atom is -0.494 e. The molecule has 0 spiro atoms. The molecule has 0 aliphatic heterocycles. The molecule has 0 radical (unpaired) electrons. The number of rotatable bonds is 17. The smallest absolute Gasteiger partial charge is 0.218 e. The van der Waals surface area contributed by atoms with Crippen molar-refractivity contribution in [2.75, 3.05) is 59.2 Å². The zero-order valence-electron chi connectivity index (χ0n) is 24.3. The summed E-state index contributed by atoms with van der Waals surface area (Å²) in [5.74, 6) is 1.80. The van der Waals surface area contributed by atoms with Gasteiger partial charge in [-0.05, 0) is 68.9 Å². The molecule has 0 amide bonds. The first-order valence-corrected chi connectivity index (χ1v) is 15.9. The van der Waals surface area contributed by atoms with E-state index in [0.717, 1.165) is 48.7 Å². The lowest BCUT2D eigenvalue weighted by Crippen LogP contribution is -2.42. The van der Waals surface area contributed by atoms with Crippen LogP contribution in [0.2, 0.25) is 0 Å². The highest BCUT2D eigenvalue weighted by Crippen LogP contribution is 2.27. The second-order valence-electron chi connectivity index (χ2n) is 9.20. The number of nitrogens with zero attached hydrogens (tertiary/aromatic N) is 3. The number of hydrazine groups is 1. The number of likely N-dealkylation sites (N-methyl/N-ethyl adjacent to an activating group) is 1. The largest absolute Gasteiger partial charge is 0.494 e. The van der Waals surface area contributed by atoms with Gasteiger partial charge in [-0.25, -0.2) is 13.4 Å². The van der Waals surface area contributed by atoms with Gasteiger partial charge in [-0.1, -0.05) is 63.2 Å². The first-order chi connectivity index (χ1) is 18.2. The van der Waals surface area contributed by atoms with Crippen LogP contribution in [0.1, 0.15) is 57.7 Å². The molecule has 0 saturated heterocycles. The number of nitrogens with one attached hydrogen (secondary N) is 1. The predicted octanol–water partition coefficient (Wildman–Crippen LogP) is 5.08. The van der Waals surface area contributed by atoms with E-state index in [9.17, 15) is 8.42 Å². The van der Waals surface area contributed by atoms with Gasteiger partial charge in [0.25, 0.3) is 0 Å². The van der Waals surface area contributed by atoms with E-state index in [1.54, 1.807) is 4.31 Å². The highest BCUT2D eigenvalue weighted by molar-refractivity contribution is 7.88. The lowest BCUT2D eigenvalue weighted by molar-refractivity contribution is 0.222. The highest BCUT2D eigenvalue weighted by Gasteiger charge is 2.28. The first-order valence-electron chi connectivity index (χ1n) is 13.7. The summed E-state index contributed by atoms with van der Waals surface area (Å²) in [5, 5.41) is 1.88. The molecule has 0 heterocycles. The van der Waals surface area contributed by atoms with Crippen LogP contribution in [0.25, 0.3) is 0 Å². The summed E-state index contributed by atoms with van der Waals surface area (Å²) in [6, 6.07) is 16.9. The van der Waals surface area contributed by atoms with E-state index in [4.69, 9.17) is 4.74 Å². The van der Waals surface area contributed by atoms with Gasteiger partial charge in [0.2, 0.25) is 10.0 Å². The Morgan fingerprint density at radius 2 is 1.55 bits per heavy atom. The Balaban J connectivity index is 0.00000168. The van der Waals surface area contributed by atoms with Gasteiger partial charge >= 0.3 is 0 Å². The number of hydrogen-bond acceptors (Lipinski definition) is 7. The second kappa shape index (κ2) is 19.4. The Hall–Kier alpha value is -1.62. The fraction of sp³-hybridized carbons (Fsp3) is 0.586. The fourth-order valence-electron chi connectivity index (χ4n) is 3.83. The molecule has 0 aromatic heterocycles. The Morgan fingerprint density at radius 1 is 0.947 bits per heavy atom. The maximum absolute atomic E-state index is 13.4. The van der Waals surface area contributed by atoms with Gasteiger partial charge in [-0.2, -0.15) is 16.9 Å². The van der Waals surface area contributed by atoms with Gasteiger partial charge in [0, 0.05) is 32.7 Å². The minimum atomic E-state index is -3.52. The van der Waals surface area contributed by atoms with Crippen LogP contribution in [0.3, 0.4) is 0 Å². The molecular formula is C29H50N4O3S2. The van der Waals surface area contributed by atoms with E-state index in [2.05, 4.69) is 43.7 Å². The molecule has 1 N–H and O–H groups in total. The molecule has 2 rings (SSSR count). The van der Waals surface area contributed by atoms with E-state index in [0.29, 0.717) is 19.7 Å². The normalized spacial score (nSPS) is 12.5. The molecule has 1 atom stereocenters. The minimum absolute atomic E-state index is 0.0187. The zero-order valence-corrected chi connectivity index (χ0v) is 26.0. The van der Waals surface area contributed by atoms with Crippen molar-refractivity contribution in [2.45, 2.75) is 52.3 Å². The van der Waals surface area contributed by atoms with Crippen LogP contribution in [-0.2, 0) is 15.8 Å². The third-order valence-electron chi connectivity index (χ3n) is 6.39. The SMILES string of the molecule is CCCS.CCN(CC)CCCOc1ccc(C(C)N(CCN(C)NC)S(=O)(=O)Cc2ccccc2)cc1. The van der Waals surface area contributed by atoms with Gasteiger partial charge < -0.3 is 9.64 Å². The van der Waals surface area contributed by atoms with Crippen molar-refractivity contribution in [3.05, 3.63) is 65.7 Å². The zero-order chi connectivity index (χ0) is 28.4. The standard InChI is InChI=1S/C26H42N4O3S.C3H8S/c1-6-29(7-2)18-11-21-33-26-16-14-25(15-17-26)23(3)30(20-19-28(5)27-4)34(31,32)22-24-12-9-8-10-13-24;1-2-3-4/h8-10,12-17,23,27H,6-7,11,18-22H2,1-5H3;4H,2-3H2,1H3. The number of thiol groups is 1. The maximum Gasteiger partial charge on any atom is 0.218 e. The van der Waals surface area contributed by atoms with Crippen LogP contribution in [0, 0.1) is 0 Å². The van der Waals surface area contributed by atoms with Crippen LogP contribution < -0.4 is 10.2 Å². The lowest BCUT2D eigenvalue weighted by Gasteiger charge is -2.30. The average molecular weight is 567 g/mol. The summed E-state index contributed by atoms with van der Waals surface area (Å²) in [4.78, 5) is 2.38. The fourth-order valence-corrected chi connectivity index (χ4v) is 5.57. The van der Waals surface area contributed by atoms with Gasteiger partial charge in [0.05, 0.1) is 12.4 Å². The molecule has 0 bridgehead atoms. The van der Waals surface area contributed by atoms with Crippen LogP contribution in [0.4, 0.5) is 0 Å². The number of hydrogen-bond donors (Lipinski definition) is 2. The summed E-state index contributed by atoms with van der Waals surface area (Å²) in [7, 11) is 0.203. The third kappa shape index (κ3) is 13.0. The van der Waals surface area contributed by atoms with Gasteiger partial charge in [0.15, 0.2) is 0 Å². The van der Waals surface area contributed by atoms with E-state index in [-0.39, 0.29) is 11.8 Å². The molecule has 0 saturated carbocycles. The van der Waals surface area contributed by atoms with Crippen molar-refractivity contribution in [2.24, 2.45) is 0 Å². The Morgan fingerprint density at radius 3 is 2.08 bits per heavy atom. The first kappa shape index (κ1) is 34.4. The third-order valence-corrected chi connectivity index (χ3v) is 8.75. The van der Waals surface area contributed by atoms with E-state index >= 15 is 0 Å². The van der Waals surface area contributed by atoms with Gasteiger partial charge in [-0.3, -0.25) is 5.43 Å². The van der Waals surface area contributed by atoms with E-state index in [1.165, 1.54) is 6.42 Å². The van der Waals surface area contributed by atoms with Crippen LogP contribution in [-0.4, -0.2) is 81.8 Å². The van der Waals surface area contributed by atoms with Crippen LogP contribution in [0.15, 0.2) is 54.6 Å². The highest BCUT2D eigenvalue weighted by atomic mass is 32.2. The molecule has 9 heteroatoms. The summed E-state index contributed by atoms with van der Waals surface area (Å²) >= 11 is 3.92. The molecule has 2 aromatic carbocycles. The molecule has 216 valence electrons. The van der Waals surface area contributed by atoms with Crippen molar-refractivity contribution in [1.82, 2.24) is 19.6 Å². The monoisotopic (exact) mass is 566 g/mol. The molecular weight excluding hydrogens is 516 g/mol. The topological polar surface area (TPSA) is 65.1 Å². The molecule has 0 fully saturated rings. The second-order valence-corrected chi connectivity index (χ2v) is 11.6. The van der Waals surface area contributed by atoms with Crippen molar-refractivity contribution in [1.29, 1.82) is 0 Å². The molecule has 0 aliphatic carbocycles. The van der Waals surface area contributed by atoms with E-state index < -0.39 is 10.0 Å². The van der Waals surface area contributed by atoms with Gasteiger partial charge in [-0.15, -0.1) is 0 Å². The Bertz CT molecular complexity index is 954. The molecule has 7 nitrogen and oxygen atoms in total. The van der Waals surface area contributed by atoms with Crippen molar-refractivity contribution < 1.29 is 13.2 Å². The summed E-state index contributed by atoms with van der Waals surface area (Å²) in [6.07, 6.45) is 2.16. The average Bonchev–Trinajstić information content (AvgIpc) is 2.93. The van der Waals surface area contributed by atoms with Gasteiger partial charge in [0.1, 0.15) is 5.75 Å². The summed E-state index contributed by atoms with van der Waals surface area (Å²) in [6.45, 7) is 13.1. The molecule has 1 unspecified atom stereocenters. The number of benzene rings is 2. The van der Waals surface area contributed by atoms with Crippen molar-refractivity contribution >= 4 is 22.7 Å². The van der Waals surface area contributed by atoms with Crippen LogP contribution >= 0.6 is 12.6 Å². The lowest BCUT2D eigenvalue weighted by atomic mass is 10.1. The molecule has 38 heavy (non-hydrogen) atoms. The number of sulfonamides is 1. The Kier molecular flexibility index (Phi) is 17.6. The Labute approximate surface area is 238 Å². The van der Waals surface area contributed by atoms with Crippen molar-refractivity contribution in [3.8, 4) is 5.75 Å². The quantitative estimate of drug-likeness (QED) is 0.158. The molecule has 0 aliphatic rings. The van der Waals surface area contributed by atoms with Crippen molar-refractivity contribution in [3.63, 3.8) is 0 Å². The maximum atomic E-state index is 13.4. The predicted molar refractivity (Wildman–Crippen MR) is 164 cm³/mol. The summed E-state index contributed by atoms with van der Waals surface area (Å²) < 4.78 is 34.4.